The van der Waals surface area contributed by atoms with E-state index in [0.29, 0.717) is 12.7 Å². The second-order valence-corrected chi connectivity index (χ2v) is 4.54. The van der Waals surface area contributed by atoms with Crippen molar-refractivity contribution < 1.29 is 4.74 Å². The van der Waals surface area contributed by atoms with Gasteiger partial charge in [-0.2, -0.15) is 13.5 Å². The van der Waals surface area contributed by atoms with Crippen molar-refractivity contribution >= 4 is 13.5 Å². The minimum atomic E-state index is 0. The molecule has 0 bridgehead atoms. The van der Waals surface area contributed by atoms with Gasteiger partial charge in [0.2, 0.25) is 0 Å². The van der Waals surface area contributed by atoms with Gasteiger partial charge in [0.15, 0.2) is 0 Å². The molecule has 1 fully saturated rings. The van der Waals surface area contributed by atoms with Crippen molar-refractivity contribution in [1.29, 1.82) is 0 Å². The van der Waals surface area contributed by atoms with Crippen LogP contribution >= 0.6 is 13.5 Å². The number of rotatable bonds is 3. The number of piperidine rings is 1. The summed E-state index contributed by atoms with van der Waals surface area (Å²) in [5.74, 6) is 0. The minimum Gasteiger partial charge on any atom is -0.372 e. The van der Waals surface area contributed by atoms with Gasteiger partial charge in [-0.1, -0.05) is 0 Å². The summed E-state index contributed by atoms with van der Waals surface area (Å²) in [5.41, 5.74) is 3.37. The first-order chi connectivity index (χ1) is 7.74. The van der Waals surface area contributed by atoms with Crippen LogP contribution in [0.5, 0.6) is 0 Å². The second-order valence-electron chi connectivity index (χ2n) is 4.54. The number of ether oxygens (including phenoxy) is 1. The van der Waals surface area contributed by atoms with E-state index < -0.39 is 0 Å². The van der Waals surface area contributed by atoms with E-state index in [4.69, 9.17) is 4.74 Å². The quantitative estimate of drug-likeness (QED) is 0.897. The van der Waals surface area contributed by atoms with Gasteiger partial charge < -0.3 is 10.1 Å². The molecule has 0 aromatic carbocycles. The van der Waals surface area contributed by atoms with Crippen LogP contribution in [0.2, 0.25) is 0 Å². The molecule has 1 aliphatic heterocycles. The highest BCUT2D eigenvalue weighted by Crippen LogP contribution is 2.11. The molecule has 0 aliphatic carbocycles. The number of hydrogen-bond donors (Lipinski definition) is 1. The molecule has 1 saturated heterocycles. The Balaban J connectivity index is 0.00000144. The molecule has 1 aromatic heterocycles. The van der Waals surface area contributed by atoms with Crippen LogP contribution in [0.1, 0.15) is 29.8 Å². The van der Waals surface area contributed by atoms with E-state index in [9.17, 15) is 0 Å². The molecule has 3 nitrogen and oxygen atoms in total. The summed E-state index contributed by atoms with van der Waals surface area (Å²) in [6, 6.07) is 4.20. The Bertz CT molecular complexity index is 331. The first-order valence-electron chi connectivity index (χ1n) is 6.00. The van der Waals surface area contributed by atoms with Gasteiger partial charge >= 0.3 is 0 Å². The molecule has 1 atom stereocenters. The monoisotopic (exact) mass is 254 g/mol. The lowest BCUT2D eigenvalue weighted by molar-refractivity contribution is 0.0252. The largest absolute Gasteiger partial charge is 0.372 e. The Morgan fingerprint density at radius 2 is 2.06 bits per heavy atom. The van der Waals surface area contributed by atoms with Gasteiger partial charge in [-0.3, -0.25) is 4.98 Å². The van der Waals surface area contributed by atoms with Gasteiger partial charge in [0.05, 0.1) is 12.7 Å². The zero-order chi connectivity index (χ0) is 11.4. The van der Waals surface area contributed by atoms with Gasteiger partial charge in [0, 0.05) is 17.9 Å². The molecule has 0 amide bonds. The standard InChI is InChI=1S/C13H20N2O.H2S/c1-10-6-12(7-11(2)15-10)9-16-13-4-3-5-14-8-13;/h6-7,13-14H,3-5,8-9H2,1-2H3;1H2/t13-;/m0./s1. The predicted octanol–water partition coefficient (Wildman–Crippen LogP) is 2.08. The van der Waals surface area contributed by atoms with Gasteiger partial charge in [-0.15, -0.1) is 0 Å². The topological polar surface area (TPSA) is 34.1 Å². The molecule has 1 N–H and O–H groups in total. The minimum absolute atomic E-state index is 0. The lowest BCUT2D eigenvalue weighted by Gasteiger charge is -2.23. The highest BCUT2D eigenvalue weighted by molar-refractivity contribution is 7.59. The summed E-state index contributed by atoms with van der Waals surface area (Å²) in [5, 5.41) is 3.36. The Labute approximate surface area is 110 Å². The van der Waals surface area contributed by atoms with Crippen LogP contribution in [0, 0.1) is 13.8 Å². The maximum Gasteiger partial charge on any atom is 0.0722 e. The second kappa shape index (κ2) is 6.99. The molecule has 0 unspecified atom stereocenters. The average Bonchev–Trinajstić information content (AvgIpc) is 2.27. The molecule has 0 saturated carbocycles. The molecule has 1 aromatic rings. The van der Waals surface area contributed by atoms with Crippen LogP contribution in [-0.2, 0) is 11.3 Å². The number of hydrogen-bond acceptors (Lipinski definition) is 3. The van der Waals surface area contributed by atoms with Crippen molar-refractivity contribution in [1.82, 2.24) is 10.3 Å². The van der Waals surface area contributed by atoms with Gasteiger partial charge in [0.25, 0.3) is 0 Å². The number of aryl methyl sites for hydroxylation is 2. The zero-order valence-corrected chi connectivity index (χ0v) is 11.6. The third kappa shape index (κ3) is 4.66. The first kappa shape index (κ1) is 14.5. The van der Waals surface area contributed by atoms with Crippen LogP contribution in [-0.4, -0.2) is 24.2 Å². The Kier molecular flexibility index (Phi) is 5.95. The fraction of sp³-hybridized carbons (Fsp3) is 0.615. The lowest BCUT2D eigenvalue weighted by atomic mass is 10.1. The predicted molar refractivity (Wildman–Crippen MR) is 74.8 cm³/mol. The van der Waals surface area contributed by atoms with Crippen LogP contribution in [0.15, 0.2) is 12.1 Å². The molecule has 0 spiro atoms. The maximum absolute atomic E-state index is 5.89. The third-order valence-corrected chi connectivity index (χ3v) is 2.88. The fourth-order valence-electron chi connectivity index (χ4n) is 2.18. The molecule has 4 heteroatoms. The van der Waals surface area contributed by atoms with Crippen molar-refractivity contribution in [3.05, 3.63) is 29.1 Å². The third-order valence-electron chi connectivity index (χ3n) is 2.88. The smallest absolute Gasteiger partial charge is 0.0722 e. The van der Waals surface area contributed by atoms with Crippen LogP contribution in [0.3, 0.4) is 0 Å². The number of nitrogens with one attached hydrogen (secondary N) is 1. The van der Waals surface area contributed by atoms with Gasteiger partial charge in [-0.05, 0) is 50.9 Å². The summed E-state index contributed by atoms with van der Waals surface area (Å²) in [7, 11) is 0. The van der Waals surface area contributed by atoms with E-state index >= 15 is 0 Å². The van der Waals surface area contributed by atoms with Crippen molar-refractivity contribution in [3.8, 4) is 0 Å². The molecule has 2 heterocycles. The molecule has 17 heavy (non-hydrogen) atoms. The van der Waals surface area contributed by atoms with Crippen LogP contribution < -0.4 is 5.32 Å². The Morgan fingerprint density at radius 3 is 2.65 bits per heavy atom. The molecule has 1 aliphatic rings. The van der Waals surface area contributed by atoms with E-state index in [2.05, 4.69) is 22.4 Å². The van der Waals surface area contributed by atoms with Crippen molar-refractivity contribution in [2.45, 2.75) is 39.4 Å². The summed E-state index contributed by atoms with van der Waals surface area (Å²) in [6.07, 6.45) is 2.78. The van der Waals surface area contributed by atoms with E-state index in [1.54, 1.807) is 0 Å². The summed E-state index contributed by atoms with van der Waals surface area (Å²) in [6.45, 7) is 6.88. The zero-order valence-electron chi connectivity index (χ0n) is 10.6. The molecular weight excluding hydrogens is 232 g/mol. The van der Waals surface area contributed by atoms with Crippen molar-refractivity contribution in [2.24, 2.45) is 0 Å². The number of pyridine rings is 1. The summed E-state index contributed by atoms with van der Waals surface area (Å²) in [4.78, 5) is 4.36. The highest BCUT2D eigenvalue weighted by atomic mass is 32.1. The first-order valence-corrected chi connectivity index (χ1v) is 6.00. The summed E-state index contributed by atoms with van der Waals surface area (Å²) >= 11 is 0. The summed E-state index contributed by atoms with van der Waals surface area (Å²) < 4.78 is 5.89. The normalized spacial score (nSPS) is 19.8. The SMILES string of the molecule is Cc1cc(CO[C@H]2CCCNC2)cc(C)n1.S. The van der Waals surface area contributed by atoms with Crippen LogP contribution in [0.25, 0.3) is 0 Å². The molecule has 0 radical (unpaired) electrons. The molecule has 96 valence electrons. The fourth-order valence-corrected chi connectivity index (χ4v) is 2.18. The lowest BCUT2D eigenvalue weighted by Crippen LogP contribution is -2.35. The maximum atomic E-state index is 5.89. The van der Waals surface area contributed by atoms with Crippen molar-refractivity contribution in [2.75, 3.05) is 13.1 Å². The van der Waals surface area contributed by atoms with E-state index in [0.717, 1.165) is 24.5 Å². The Morgan fingerprint density at radius 1 is 1.35 bits per heavy atom. The molecular formula is C13H22N2OS. The van der Waals surface area contributed by atoms with Gasteiger partial charge in [-0.25, -0.2) is 0 Å². The number of aromatic nitrogens is 1. The van der Waals surface area contributed by atoms with Gasteiger partial charge in [0.1, 0.15) is 0 Å². The van der Waals surface area contributed by atoms with E-state index in [-0.39, 0.29) is 13.5 Å². The Hall–Kier alpha value is -0.580. The van der Waals surface area contributed by atoms with Crippen molar-refractivity contribution in [3.63, 3.8) is 0 Å². The number of nitrogens with zero attached hydrogens (tertiary/aromatic N) is 1. The van der Waals surface area contributed by atoms with Crippen LogP contribution in [0.4, 0.5) is 0 Å². The molecule has 2 rings (SSSR count). The highest BCUT2D eigenvalue weighted by Gasteiger charge is 2.13. The average molecular weight is 254 g/mol. The van der Waals surface area contributed by atoms with E-state index in [1.165, 1.54) is 18.4 Å². The van der Waals surface area contributed by atoms with E-state index in [1.807, 2.05) is 13.8 Å².